The third-order valence-electron chi connectivity index (χ3n) is 14.4. The zero-order valence-electron chi connectivity index (χ0n) is 36.9. The van der Waals surface area contributed by atoms with Gasteiger partial charge in [0.15, 0.2) is 0 Å². The molecule has 0 spiro atoms. The van der Waals surface area contributed by atoms with Crippen molar-refractivity contribution in [2.45, 2.75) is 19.6 Å². The molecule has 0 bridgehead atoms. The van der Waals surface area contributed by atoms with Gasteiger partial charge in [0.05, 0.1) is 58.4 Å². The highest BCUT2D eigenvalue weighted by atomic mass is 32.2. The molecule has 14 aromatic rings. The Kier molecular flexibility index (Phi) is 8.02. The van der Waals surface area contributed by atoms with Crippen molar-refractivity contribution in [1.82, 2.24) is 13.7 Å². The van der Waals surface area contributed by atoms with Gasteiger partial charge < -0.3 is 13.7 Å². The first-order valence-electron chi connectivity index (χ1n) is 23.0. The van der Waals surface area contributed by atoms with Crippen LogP contribution in [0.1, 0.15) is 0 Å². The molecule has 10 heteroatoms. The second-order valence-corrected chi connectivity index (χ2v) is 22.9. The van der Waals surface area contributed by atoms with Gasteiger partial charge in [0.25, 0.3) is 0 Å². The number of sulfone groups is 2. The summed E-state index contributed by atoms with van der Waals surface area (Å²) in [5, 5.41) is 8.97. The minimum Gasteiger partial charge on any atom is -0.309 e. The highest BCUT2D eigenvalue weighted by Gasteiger charge is 2.39. The molecule has 0 saturated carbocycles. The molecule has 332 valence electrons. The number of rotatable bonds is 4. The summed E-state index contributed by atoms with van der Waals surface area (Å²) in [5.74, 6) is 0. The minimum atomic E-state index is -4.15. The topological polar surface area (TPSA) is 83.1 Å². The fraction of sp³-hybridized carbons (Fsp3) is 0. The van der Waals surface area contributed by atoms with Crippen LogP contribution >= 0.6 is 11.3 Å². The molecule has 1 aliphatic heterocycles. The molecule has 0 radical (unpaired) electrons. The second kappa shape index (κ2) is 14.1. The van der Waals surface area contributed by atoms with Crippen molar-refractivity contribution < 1.29 is 16.8 Å². The van der Waals surface area contributed by atoms with E-state index in [1.807, 2.05) is 12.1 Å². The lowest BCUT2D eigenvalue weighted by Crippen LogP contribution is -2.19. The van der Waals surface area contributed by atoms with Crippen molar-refractivity contribution in [1.29, 1.82) is 0 Å². The molecule has 0 unspecified atom stereocenters. The van der Waals surface area contributed by atoms with Crippen molar-refractivity contribution in [2.75, 3.05) is 0 Å². The molecule has 0 fully saturated rings. The number of para-hydroxylation sites is 4. The van der Waals surface area contributed by atoms with Crippen molar-refractivity contribution >= 4 is 117 Å². The van der Waals surface area contributed by atoms with E-state index in [1.54, 1.807) is 35.6 Å². The third-order valence-corrected chi connectivity index (χ3v) is 19.5. The summed E-state index contributed by atoms with van der Waals surface area (Å²) in [6.07, 6.45) is 0. The molecule has 0 atom stereocenters. The lowest BCUT2D eigenvalue weighted by molar-refractivity contribution is 0.570. The Morgan fingerprint density at radius 3 is 1.27 bits per heavy atom. The molecule has 0 saturated heterocycles. The van der Waals surface area contributed by atoms with E-state index in [1.165, 1.54) is 39.7 Å². The van der Waals surface area contributed by atoms with Gasteiger partial charge in [-0.05, 0) is 114 Å². The largest absolute Gasteiger partial charge is 0.309 e. The maximum absolute atomic E-state index is 14.2. The summed E-state index contributed by atoms with van der Waals surface area (Å²) in [4.78, 5) is -0.804. The van der Waals surface area contributed by atoms with E-state index >= 15 is 0 Å². The van der Waals surface area contributed by atoms with Crippen LogP contribution in [0.25, 0.3) is 114 Å². The van der Waals surface area contributed by atoms with Crippen molar-refractivity contribution in [3.63, 3.8) is 0 Å². The van der Waals surface area contributed by atoms with Crippen LogP contribution in [0.3, 0.4) is 0 Å². The molecule has 10 aromatic carbocycles. The fourth-order valence-electron chi connectivity index (χ4n) is 11.5. The van der Waals surface area contributed by atoms with Gasteiger partial charge in [0.1, 0.15) is 0 Å². The summed E-state index contributed by atoms with van der Waals surface area (Å²) in [6, 6.07) is 71.1. The first-order chi connectivity index (χ1) is 34.3. The molecule has 70 heavy (non-hydrogen) atoms. The van der Waals surface area contributed by atoms with Gasteiger partial charge in [-0.3, -0.25) is 0 Å². The van der Waals surface area contributed by atoms with E-state index in [4.69, 9.17) is 0 Å². The molecule has 15 rings (SSSR count). The van der Waals surface area contributed by atoms with E-state index in [9.17, 15) is 16.8 Å². The smallest absolute Gasteiger partial charge is 0.209 e. The fourth-order valence-corrected chi connectivity index (χ4v) is 16.8. The summed E-state index contributed by atoms with van der Waals surface area (Å²) < 4.78 is 65.5. The molecule has 5 heterocycles. The van der Waals surface area contributed by atoms with Crippen LogP contribution < -0.4 is 0 Å². The molecular formula is C60H35N3O4S3. The standard InChI is InChI=1S/C60H35N3O4S3/c64-69(65)55-25-9-10-26-56(55)70(66,67)58-33-36(27-32-57(58)69)39-17-11-23-53-59(39)60-52(22-12-24-54(60)68-53)63-50-30-28-37(61-46-18-5-1-13-40(46)41-14-2-6-19-47(41)61)34-44(50)45-35-38(29-31-51(45)63)62-48-20-7-3-15-42(48)43-16-4-8-21-49(43)62/h1-35H. The number of aromatic nitrogens is 3. The molecule has 0 amide bonds. The van der Waals surface area contributed by atoms with Crippen molar-refractivity contribution in [3.05, 3.63) is 212 Å². The quantitative estimate of drug-likeness (QED) is 0.176. The average Bonchev–Trinajstić information content (AvgIpc) is 4.14. The first-order valence-corrected chi connectivity index (χ1v) is 26.8. The average molecular weight is 958 g/mol. The van der Waals surface area contributed by atoms with E-state index < -0.39 is 19.7 Å². The van der Waals surface area contributed by atoms with Gasteiger partial charge in [-0.15, -0.1) is 11.3 Å². The Labute approximate surface area is 404 Å². The highest BCUT2D eigenvalue weighted by molar-refractivity contribution is 7.97. The van der Waals surface area contributed by atoms with Gasteiger partial charge >= 0.3 is 0 Å². The predicted octanol–water partition coefficient (Wildman–Crippen LogP) is 15.0. The summed E-state index contributed by atoms with van der Waals surface area (Å²) >= 11 is 1.68. The number of nitrogens with zero attached hydrogens (tertiary/aromatic N) is 3. The molecule has 4 aromatic heterocycles. The van der Waals surface area contributed by atoms with Gasteiger partial charge in [-0.25, -0.2) is 16.8 Å². The van der Waals surface area contributed by atoms with Gasteiger partial charge in [0.2, 0.25) is 19.7 Å². The Morgan fingerprint density at radius 1 is 0.314 bits per heavy atom. The number of hydrogen-bond donors (Lipinski definition) is 0. The maximum Gasteiger partial charge on any atom is 0.209 e. The van der Waals surface area contributed by atoms with Crippen LogP contribution in [0, 0.1) is 0 Å². The predicted molar refractivity (Wildman–Crippen MR) is 285 cm³/mol. The summed E-state index contributed by atoms with van der Waals surface area (Å²) in [6.45, 7) is 0. The van der Waals surface area contributed by atoms with Gasteiger partial charge in [-0.2, -0.15) is 0 Å². The summed E-state index contributed by atoms with van der Waals surface area (Å²) in [5.41, 5.74) is 11.1. The van der Waals surface area contributed by atoms with Gasteiger partial charge in [-0.1, -0.05) is 109 Å². The summed E-state index contributed by atoms with van der Waals surface area (Å²) in [7, 11) is -8.23. The second-order valence-electron chi connectivity index (χ2n) is 18.0. The molecule has 1 aliphatic rings. The Balaban J connectivity index is 1.01. The molecule has 0 N–H and O–H groups in total. The highest BCUT2D eigenvalue weighted by Crippen LogP contribution is 2.48. The zero-order chi connectivity index (χ0) is 46.6. The lowest BCUT2D eigenvalue weighted by Gasteiger charge is -2.21. The first kappa shape index (κ1) is 39.7. The van der Waals surface area contributed by atoms with E-state index in [0.717, 1.165) is 86.7 Å². The monoisotopic (exact) mass is 957 g/mol. The van der Waals surface area contributed by atoms with Crippen LogP contribution in [-0.4, -0.2) is 30.5 Å². The van der Waals surface area contributed by atoms with E-state index in [2.05, 4.69) is 171 Å². The third kappa shape index (κ3) is 5.27. The maximum atomic E-state index is 14.2. The number of fused-ring (bicyclic) bond motifs is 14. The number of thiophene rings is 1. The van der Waals surface area contributed by atoms with Crippen LogP contribution in [0.4, 0.5) is 0 Å². The molecular weight excluding hydrogens is 923 g/mol. The van der Waals surface area contributed by atoms with Gasteiger partial charge in [0, 0.05) is 63.9 Å². The lowest BCUT2D eigenvalue weighted by atomic mass is 9.98. The minimum absolute atomic E-state index is 0.193. The normalized spacial score (nSPS) is 14.2. The SMILES string of the molecule is O=S1(=O)c2ccccc2S(=O)(=O)c2cc(-c3cccc4sc5cccc(-n6c7ccc(-n8c9ccccc9c9ccccc98)cc7c7cc(-n8c9ccccc9c9ccccc98)ccc76)c5c34)ccc21. The number of benzene rings is 10. The molecule has 0 aliphatic carbocycles. The van der Waals surface area contributed by atoms with Crippen LogP contribution in [0.2, 0.25) is 0 Å². The van der Waals surface area contributed by atoms with E-state index in [-0.39, 0.29) is 19.6 Å². The Morgan fingerprint density at radius 2 is 0.743 bits per heavy atom. The van der Waals surface area contributed by atoms with Crippen molar-refractivity contribution in [3.8, 4) is 28.2 Å². The number of hydrogen-bond acceptors (Lipinski definition) is 5. The Bertz CT molecular complexity index is 4600. The van der Waals surface area contributed by atoms with Crippen molar-refractivity contribution in [2.24, 2.45) is 0 Å². The van der Waals surface area contributed by atoms with Crippen LogP contribution in [0.5, 0.6) is 0 Å². The molecule has 7 nitrogen and oxygen atoms in total. The van der Waals surface area contributed by atoms with Crippen LogP contribution in [0.15, 0.2) is 232 Å². The van der Waals surface area contributed by atoms with E-state index in [0.29, 0.717) is 5.56 Å². The zero-order valence-corrected chi connectivity index (χ0v) is 39.4. The Hall–Kier alpha value is -8.28. The van der Waals surface area contributed by atoms with Crippen LogP contribution in [-0.2, 0) is 19.7 Å².